The number of alkyl halides is 17. The summed E-state index contributed by atoms with van der Waals surface area (Å²) in [7, 11) is 0. The van der Waals surface area contributed by atoms with Gasteiger partial charge in [0.25, 0.3) is 0 Å². The SMILES string of the molecule is CCCCCCCCc1c(C(F)(F)C(F)(F)C(F)(F)C(F)(F)C(F)(F)C(F)(F)C(F)(F)C(F)(F)F)ccc2c1oc1cc3c(cc12)oc1cc2ccccc2cc13. The lowest BCUT2D eigenvalue weighted by Crippen LogP contribution is -2.74. The number of aryl methyl sites for hydroxylation is 1. The van der Waals surface area contributed by atoms with E-state index in [2.05, 4.69) is 0 Å². The minimum Gasteiger partial charge on any atom is -0.456 e. The number of rotatable bonds is 14. The van der Waals surface area contributed by atoms with Gasteiger partial charge < -0.3 is 8.83 Å². The van der Waals surface area contributed by atoms with Gasteiger partial charge in [-0.2, -0.15) is 74.6 Å². The van der Waals surface area contributed by atoms with Crippen LogP contribution < -0.4 is 0 Å². The minimum absolute atomic E-state index is 0.0615. The molecule has 2 aromatic heterocycles. The van der Waals surface area contributed by atoms with E-state index in [1.807, 2.05) is 13.0 Å². The topological polar surface area (TPSA) is 26.3 Å². The first kappa shape index (κ1) is 42.2. The summed E-state index contributed by atoms with van der Waals surface area (Å²) in [6.07, 6.45) is -5.95. The number of hydrogen-bond donors (Lipinski definition) is 0. The van der Waals surface area contributed by atoms with E-state index >= 15 is 17.6 Å². The summed E-state index contributed by atoms with van der Waals surface area (Å²) in [5, 5.41) is 2.51. The summed E-state index contributed by atoms with van der Waals surface area (Å²) >= 11 is 0. The van der Waals surface area contributed by atoms with E-state index < -0.39 is 70.8 Å². The van der Waals surface area contributed by atoms with Crippen LogP contribution in [-0.4, -0.2) is 41.7 Å². The number of hydrogen-bond acceptors (Lipinski definition) is 2. The highest BCUT2D eigenvalue weighted by molar-refractivity contribution is 6.16. The summed E-state index contributed by atoms with van der Waals surface area (Å²) in [6, 6.07) is 14.1. The molecule has 310 valence electrons. The first-order chi connectivity index (χ1) is 26.2. The Morgan fingerprint density at radius 3 is 1.47 bits per heavy atom. The van der Waals surface area contributed by atoms with Crippen molar-refractivity contribution in [3.8, 4) is 0 Å². The summed E-state index contributed by atoms with van der Waals surface area (Å²) in [5.74, 6) is -57.2. The van der Waals surface area contributed by atoms with Gasteiger partial charge in [0.1, 0.15) is 22.3 Å². The van der Waals surface area contributed by atoms with E-state index in [0.717, 1.165) is 23.6 Å². The normalized spacial score (nSPS) is 14.6. The first-order valence-electron chi connectivity index (χ1n) is 17.1. The molecule has 0 saturated carbocycles. The number of halogens is 17. The van der Waals surface area contributed by atoms with Crippen molar-refractivity contribution in [3.63, 3.8) is 0 Å². The Morgan fingerprint density at radius 1 is 0.439 bits per heavy atom. The van der Waals surface area contributed by atoms with Gasteiger partial charge in [-0.05, 0) is 53.9 Å². The molecular formula is C38H27F17O2. The van der Waals surface area contributed by atoms with E-state index in [9.17, 15) is 57.1 Å². The van der Waals surface area contributed by atoms with Crippen LogP contribution in [0, 0.1) is 0 Å². The molecular weight excluding hydrogens is 811 g/mol. The third-order valence-corrected chi connectivity index (χ3v) is 10.0. The predicted octanol–water partition coefficient (Wildman–Crippen LogP) is 15.0. The molecule has 19 heteroatoms. The van der Waals surface area contributed by atoms with Crippen LogP contribution in [0.1, 0.15) is 56.6 Å². The maximum atomic E-state index is 15.9. The Kier molecular flexibility index (Phi) is 10.0. The van der Waals surface area contributed by atoms with Crippen LogP contribution in [0.3, 0.4) is 0 Å². The average molecular weight is 839 g/mol. The van der Waals surface area contributed by atoms with Crippen molar-refractivity contribution in [2.24, 2.45) is 0 Å². The predicted molar refractivity (Wildman–Crippen MR) is 175 cm³/mol. The minimum atomic E-state index is -8.71. The molecule has 6 rings (SSSR count). The molecule has 0 aliphatic carbocycles. The van der Waals surface area contributed by atoms with Crippen molar-refractivity contribution in [3.05, 3.63) is 71.8 Å². The highest BCUT2D eigenvalue weighted by Gasteiger charge is 2.95. The van der Waals surface area contributed by atoms with Crippen molar-refractivity contribution < 1.29 is 83.5 Å². The highest BCUT2D eigenvalue weighted by atomic mass is 19.4. The first-order valence-corrected chi connectivity index (χ1v) is 17.1. The Hall–Kier alpha value is -4.45. The fourth-order valence-corrected chi connectivity index (χ4v) is 6.81. The zero-order valence-corrected chi connectivity index (χ0v) is 29.0. The van der Waals surface area contributed by atoms with E-state index in [0.29, 0.717) is 35.3 Å². The van der Waals surface area contributed by atoms with Crippen LogP contribution in [-0.2, 0) is 12.3 Å². The van der Waals surface area contributed by atoms with Gasteiger partial charge in [0, 0.05) is 32.7 Å². The van der Waals surface area contributed by atoms with Gasteiger partial charge in [0.05, 0.1) is 0 Å². The standard InChI is InChI=1S/C38H27F17O2/c1-2-3-4-5-6-7-12-22-26(31(39,40)32(41,42)33(43,44)34(45,46)35(47,48)36(49,50)37(51,52)38(53,54)55)14-13-21-24-17-28-25(18-29(24)57-30(21)22)23-15-19-10-8-9-11-20(19)16-27(23)56-28/h8-11,13-18H,2-7,12H2,1H3. The molecule has 0 aliphatic rings. The van der Waals surface area contributed by atoms with Crippen LogP contribution in [0.2, 0.25) is 0 Å². The number of unbranched alkanes of at least 4 members (excludes halogenated alkanes) is 5. The molecule has 0 N–H and O–H groups in total. The van der Waals surface area contributed by atoms with Crippen molar-refractivity contribution in [1.82, 2.24) is 0 Å². The summed E-state index contributed by atoms with van der Waals surface area (Å²) < 4.78 is 254. The monoisotopic (exact) mass is 838 g/mol. The quantitative estimate of drug-likeness (QED) is 0.0807. The lowest BCUT2D eigenvalue weighted by atomic mass is 9.85. The summed E-state index contributed by atoms with van der Waals surface area (Å²) in [4.78, 5) is 0. The van der Waals surface area contributed by atoms with E-state index in [-0.39, 0.29) is 40.8 Å². The lowest BCUT2D eigenvalue weighted by Gasteiger charge is -2.43. The van der Waals surface area contributed by atoms with Gasteiger partial charge in [-0.3, -0.25) is 0 Å². The second kappa shape index (κ2) is 13.6. The van der Waals surface area contributed by atoms with Gasteiger partial charge >= 0.3 is 47.6 Å². The molecule has 0 saturated heterocycles. The van der Waals surface area contributed by atoms with E-state index in [1.165, 1.54) is 12.1 Å². The summed E-state index contributed by atoms with van der Waals surface area (Å²) in [5.41, 5.74) is -3.39. The number of benzene rings is 4. The molecule has 2 heterocycles. The maximum absolute atomic E-state index is 15.9. The molecule has 0 radical (unpaired) electrons. The molecule has 0 spiro atoms. The Morgan fingerprint density at radius 2 is 0.895 bits per heavy atom. The number of fused-ring (bicyclic) bond motifs is 7. The van der Waals surface area contributed by atoms with Gasteiger partial charge in [-0.25, -0.2) is 0 Å². The molecule has 4 aromatic carbocycles. The van der Waals surface area contributed by atoms with Crippen LogP contribution >= 0.6 is 0 Å². The zero-order valence-electron chi connectivity index (χ0n) is 29.0. The molecule has 0 amide bonds. The largest absolute Gasteiger partial charge is 0.460 e. The van der Waals surface area contributed by atoms with E-state index in [4.69, 9.17) is 8.83 Å². The molecule has 0 aliphatic heterocycles. The van der Waals surface area contributed by atoms with E-state index in [1.54, 1.807) is 30.3 Å². The second-order valence-corrected chi connectivity index (χ2v) is 13.7. The molecule has 0 atom stereocenters. The fourth-order valence-electron chi connectivity index (χ4n) is 6.81. The van der Waals surface area contributed by atoms with Crippen molar-refractivity contribution in [2.45, 2.75) is 99.5 Å². The van der Waals surface area contributed by atoms with Gasteiger partial charge in [-0.1, -0.05) is 69.4 Å². The average Bonchev–Trinajstić information content (AvgIpc) is 3.66. The molecule has 0 bridgehead atoms. The molecule has 0 unspecified atom stereocenters. The van der Waals surface area contributed by atoms with Crippen LogP contribution in [0.15, 0.2) is 69.5 Å². The fraction of sp³-hybridized carbons (Fsp3) is 0.421. The van der Waals surface area contributed by atoms with Gasteiger partial charge in [-0.15, -0.1) is 0 Å². The third kappa shape index (κ3) is 6.06. The highest BCUT2D eigenvalue weighted by Crippen LogP contribution is 2.65. The second-order valence-electron chi connectivity index (χ2n) is 13.7. The Labute approximate surface area is 309 Å². The molecule has 57 heavy (non-hydrogen) atoms. The van der Waals surface area contributed by atoms with Crippen LogP contribution in [0.5, 0.6) is 0 Å². The van der Waals surface area contributed by atoms with Crippen molar-refractivity contribution >= 4 is 54.6 Å². The Bertz CT molecular complexity index is 2450. The lowest BCUT2D eigenvalue weighted by molar-refractivity contribution is -0.462. The Balaban J connectivity index is 1.50. The van der Waals surface area contributed by atoms with Gasteiger partial charge in [0.15, 0.2) is 0 Å². The molecule has 0 fully saturated rings. The molecule has 6 aromatic rings. The van der Waals surface area contributed by atoms with Gasteiger partial charge in [0.2, 0.25) is 0 Å². The molecule has 2 nitrogen and oxygen atoms in total. The maximum Gasteiger partial charge on any atom is 0.460 e. The van der Waals surface area contributed by atoms with Crippen molar-refractivity contribution in [2.75, 3.05) is 0 Å². The zero-order chi connectivity index (χ0) is 42.4. The third-order valence-electron chi connectivity index (χ3n) is 10.0. The van der Waals surface area contributed by atoms with Crippen LogP contribution in [0.25, 0.3) is 54.6 Å². The van der Waals surface area contributed by atoms with Crippen molar-refractivity contribution in [1.29, 1.82) is 0 Å². The van der Waals surface area contributed by atoms with Crippen LogP contribution in [0.4, 0.5) is 74.6 Å². The summed E-state index contributed by atoms with van der Waals surface area (Å²) in [6.45, 7) is 1.86. The number of furan rings is 2. The smallest absolute Gasteiger partial charge is 0.456 e.